The van der Waals surface area contributed by atoms with Gasteiger partial charge in [-0.2, -0.15) is 9.19 Å². The predicted molar refractivity (Wildman–Crippen MR) is 119 cm³/mol. The number of aromatic nitrogens is 2. The van der Waals surface area contributed by atoms with Crippen molar-refractivity contribution in [3.05, 3.63) is 41.4 Å². The Kier molecular flexibility index (Phi) is 5.74. The predicted octanol–water partition coefficient (Wildman–Crippen LogP) is 4.56. The van der Waals surface area contributed by atoms with Crippen molar-refractivity contribution in [3.8, 4) is 34.3 Å². The van der Waals surface area contributed by atoms with Gasteiger partial charge in [0.25, 0.3) is 0 Å². The molecule has 30 heavy (non-hydrogen) atoms. The van der Waals surface area contributed by atoms with Crippen LogP contribution in [0.2, 0.25) is 5.02 Å². The van der Waals surface area contributed by atoms with Crippen molar-refractivity contribution in [2.45, 2.75) is 5.50 Å². The number of rotatable bonds is 7. The number of fused-ring (bicyclic) bond motifs is 1. The maximum Gasteiger partial charge on any atom is 0.203 e. The Balaban J connectivity index is 1.52. The molecule has 158 valence electrons. The van der Waals surface area contributed by atoms with Gasteiger partial charge in [0.15, 0.2) is 17.0 Å². The Morgan fingerprint density at radius 3 is 2.23 bits per heavy atom. The Labute approximate surface area is 183 Å². The molecule has 3 aromatic rings. The Morgan fingerprint density at radius 1 is 0.967 bits per heavy atom. The van der Waals surface area contributed by atoms with Gasteiger partial charge < -0.3 is 29.6 Å². The van der Waals surface area contributed by atoms with E-state index in [1.807, 2.05) is 40.5 Å². The average Bonchev–Trinajstić information content (AvgIpc) is 3.31. The molecule has 2 heterocycles. The van der Waals surface area contributed by atoms with Crippen LogP contribution in [0.4, 0.5) is 11.5 Å². The molecule has 0 radical (unpaired) electrons. The SMILES string of the molecule is COc1ccc(N[C@@H]2Nc3cc(-c4cc(OC)c(OC)c(OC)c4)nn3S2)cc1Cl. The zero-order chi connectivity index (χ0) is 21.3. The van der Waals surface area contributed by atoms with Crippen molar-refractivity contribution < 1.29 is 18.9 Å². The standard InChI is InChI=1S/C20H21ClN4O4S/c1-26-15-6-5-12(9-13(15)21)22-20-23-18-10-14(24-25(18)30-20)11-7-16(27-2)19(29-4)17(8-11)28-3/h5-10,20,22-23H,1-4H3/t20-/m1/s1. The van der Waals surface area contributed by atoms with Crippen LogP contribution in [0.25, 0.3) is 11.3 Å². The quantitative estimate of drug-likeness (QED) is 0.544. The van der Waals surface area contributed by atoms with Crippen LogP contribution in [0.5, 0.6) is 23.0 Å². The zero-order valence-corrected chi connectivity index (χ0v) is 18.4. The summed E-state index contributed by atoms with van der Waals surface area (Å²) in [6.45, 7) is 0. The van der Waals surface area contributed by atoms with Crippen LogP contribution >= 0.6 is 23.5 Å². The summed E-state index contributed by atoms with van der Waals surface area (Å²) < 4.78 is 23.3. The molecular weight excluding hydrogens is 428 g/mol. The summed E-state index contributed by atoms with van der Waals surface area (Å²) in [5, 5.41) is 12.0. The minimum Gasteiger partial charge on any atom is -0.495 e. The van der Waals surface area contributed by atoms with Gasteiger partial charge in [0, 0.05) is 29.3 Å². The molecule has 0 saturated heterocycles. The van der Waals surface area contributed by atoms with E-state index < -0.39 is 0 Å². The van der Waals surface area contributed by atoms with E-state index in [0.717, 1.165) is 22.8 Å². The minimum absolute atomic E-state index is 0.0917. The van der Waals surface area contributed by atoms with Gasteiger partial charge in [-0.3, -0.25) is 0 Å². The van der Waals surface area contributed by atoms with Crippen molar-refractivity contribution in [1.82, 2.24) is 9.19 Å². The molecule has 1 aromatic heterocycles. The molecule has 1 atom stereocenters. The van der Waals surface area contributed by atoms with Crippen LogP contribution in [-0.2, 0) is 0 Å². The lowest BCUT2D eigenvalue weighted by molar-refractivity contribution is 0.324. The van der Waals surface area contributed by atoms with Gasteiger partial charge >= 0.3 is 0 Å². The lowest BCUT2D eigenvalue weighted by Gasteiger charge is -2.15. The van der Waals surface area contributed by atoms with Crippen molar-refractivity contribution in [3.63, 3.8) is 0 Å². The third-order valence-electron chi connectivity index (χ3n) is 4.57. The number of nitrogens with one attached hydrogen (secondary N) is 2. The van der Waals surface area contributed by atoms with Crippen LogP contribution < -0.4 is 29.6 Å². The molecule has 8 nitrogen and oxygen atoms in total. The van der Waals surface area contributed by atoms with Gasteiger partial charge in [-0.15, -0.1) is 0 Å². The first kappa shape index (κ1) is 20.4. The van der Waals surface area contributed by atoms with E-state index in [4.69, 9.17) is 30.5 Å². The number of methoxy groups -OCH3 is 4. The molecule has 1 aliphatic rings. The molecule has 0 unspecified atom stereocenters. The van der Waals surface area contributed by atoms with Crippen molar-refractivity contribution in [2.24, 2.45) is 0 Å². The smallest absolute Gasteiger partial charge is 0.203 e. The molecule has 0 bridgehead atoms. The summed E-state index contributed by atoms with van der Waals surface area (Å²) in [6, 6.07) is 11.3. The third-order valence-corrected chi connectivity index (χ3v) is 5.79. The van der Waals surface area contributed by atoms with Gasteiger partial charge in [-0.25, -0.2) is 0 Å². The Bertz CT molecular complexity index is 1030. The number of halogens is 1. The monoisotopic (exact) mass is 448 g/mol. The molecule has 0 spiro atoms. The maximum absolute atomic E-state index is 6.20. The second-order valence-electron chi connectivity index (χ2n) is 6.33. The summed E-state index contributed by atoms with van der Waals surface area (Å²) in [7, 11) is 6.35. The van der Waals surface area contributed by atoms with Crippen molar-refractivity contribution >= 4 is 35.1 Å². The molecule has 0 fully saturated rings. The lowest BCUT2D eigenvalue weighted by Crippen LogP contribution is -2.21. The lowest BCUT2D eigenvalue weighted by atomic mass is 10.1. The van der Waals surface area contributed by atoms with Crippen LogP contribution in [0.3, 0.4) is 0 Å². The molecular formula is C20H21ClN4O4S. The van der Waals surface area contributed by atoms with E-state index in [-0.39, 0.29) is 5.50 Å². The average molecular weight is 449 g/mol. The maximum atomic E-state index is 6.20. The third kappa shape index (κ3) is 3.78. The van der Waals surface area contributed by atoms with Crippen LogP contribution in [0.15, 0.2) is 36.4 Å². The number of benzene rings is 2. The fourth-order valence-electron chi connectivity index (χ4n) is 3.14. The second kappa shape index (κ2) is 8.45. The topological polar surface area (TPSA) is 78.8 Å². The van der Waals surface area contributed by atoms with E-state index >= 15 is 0 Å². The molecule has 0 saturated carbocycles. The van der Waals surface area contributed by atoms with E-state index in [9.17, 15) is 0 Å². The molecule has 0 aliphatic carbocycles. The Morgan fingerprint density at radius 2 is 1.67 bits per heavy atom. The fraction of sp³-hybridized carbons (Fsp3) is 0.250. The molecule has 2 N–H and O–H groups in total. The highest BCUT2D eigenvalue weighted by Crippen LogP contribution is 2.42. The van der Waals surface area contributed by atoms with E-state index in [1.54, 1.807) is 28.4 Å². The molecule has 1 aliphatic heterocycles. The summed E-state index contributed by atoms with van der Waals surface area (Å²) in [5.74, 6) is 3.22. The number of hydrogen-bond donors (Lipinski definition) is 2. The molecule has 10 heteroatoms. The van der Waals surface area contributed by atoms with Gasteiger partial charge in [-0.05, 0) is 30.3 Å². The zero-order valence-electron chi connectivity index (χ0n) is 16.9. The van der Waals surface area contributed by atoms with Crippen molar-refractivity contribution in [1.29, 1.82) is 0 Å². The molecule has 0 amide bonds. The van der Waals surface area contributed by atoms with E-state index in [1.165, 1.54) is 11.9 Å². The number of hydrogen-bond acceptors (Lipinski definition) is 8. The van der Waals surface area contributed by atoms with Gasteiger partial charge in [0.05, 0.1) is 39.2 Å². The summed E-state index contributed by atoms with van der Waals surface area (Å²) >= 11 is 7.72. The molecule has 2 aromatic carbocycles. The second-order valence-corrected chi connectivity index (χ2v) is 7.76. The summed E-state index contributed by atoms with van der Waals surface area (Å²) in [4.78, 5) is 0. The molecule has 4 rings (SSSR count). The highest BCUT2D eigenvalue weighted by Gasteiger charge is 2.25. The van der Waals surface area contributed by atoms with Gasteiger partial charge in [0.2, 0.25) is 5.75 Å². The number of ether oxygens (including phenoxy) is 4. The van der Waals surface area contributed by atoms with Crippen molar-refractivity contribution in [2.75, 3.05) is 39.1 Å². The summed E-state index contributed by atoms with van der Waals surface area (Å²) in [5.41, 5.74) is 2.43. The first-order valence-corrected chi connectivity index (χ1v) is 10.2. The Hall–Kier alpha value is -2.91. The van der Waals surface area contributed by atoms with Crippen LogP contribution in [0, 0.1) is 0 Å². The summed E-state index contributed by atoms with van der Waals surface area (Å²) in [6.07, 6.45) is 0. The highest BCUT2D eigenvalue weighted by molar-refractivity contribution is 7.98. The van der Waals surface area contributed by atoms with Crippen LogP contribution in [0.1, 0.15) is 0 Å². The van der Waals surface area contributed by atoms with E-state index in [0.29, 0.717) is 28.0 Å². The largest absolute Gasteiger partial charge is 0.495 e. The van der Waals surface area contributed by atoms with Gasteiger partial charge in [0.1, 0.15) is 11.6 Å². The number of anilines is 2. The normalized spacial score (nSPS) is 14.6. The van der Waals surface area contributed by atoms with Crippen LogP contribution in [-0.4, -0.2) is 43.1 Å². The highest BCUT2D eigenvalue weighted by atomic mass is 35.5. The van der Waals surface area contributed by atoms with E-state index in [2.05, 4.69) is 15.7 Å². The fourth-order valence-corrected chi connectivity index (χ4v) is 4.32. The first-order chi connectivity index (χ1) is 14.6. The number of nitrogens with zero attached hydrogens (tertiary/aromatic N) is 2. The van der Waals surface area contributed by atoms with Gasteiger partial charge in [-0.1, -0.05) is 11.6 Å². The minimum atomic E-state index is -0.0917. The first-order valence-electron chi connectivity index (χ1n) is 9.00.